The molecule has 1 aromatic carbocycles. The van der Waals surface area contributed by atoms with Crippen LogP contribution in [0, 0.1) is 22.9 Å². The summed E-state index contributed by atoms with van der Waals surface area (Å²) in [4.78, 5) is -0.257. The third kappa shape index (κ3) is 2.31. The van der Waals surface area contributed by atoms with Crippen molar-refractivity contribution in [3.05, 3.63) is 35.1 Å². The van der Waals surface area contributed by atoms with Crippen LogP contribution in [0.15, 0.2) is 12.1 Å². The Bertz CT molecular complexity index is 439. The first kappa shape index (κ1) is 13.9. The van der Waals surface area contributed by atoms with Gasteiger partial charge in [-0.3, -0.25) is 0 Å². The largest absolute Gasteiger partial charge is 0.207 e. The van der Waals surface area contributed by atoms with E-state index in [0.717, 1.165) is 38.2 Å². The molecule has 0 aliphatic heterocycles. The van der Waals surface area contributed by atoms with Crippen molar-refractivity contribution in [2.45, 2.75) is 43.9 Å². The van der Waals surface area contributed by atoms with Gasteiger partial charge < -0.3 is 0 Å². The number of rotatable bonds is 3. The molecule has 0 saturated heterocycles. The van der Waals surface area contributed by atoms with E-state index in [2.05, 4.69) is 22.9 Å². The molecule has 0 amide bonds. The summed E-state index contributed by atoms with van der Waals surface area (Å²) in [6.07, 6.45) is 5.12. The molecular formula is C14H16BrF3. The number of hydrogen-bond acceptors (Lipinski definition) is 0. The van der Waals surface area contributed by atoms with Crippen LogP contribution in [0.2, 0.25) is 0 Å². The first-order valence-corrected chi connectivity index (χ1v) is 7.20. The van der Waals surface area contributed by atoms with E-state index in [1.54, 1.807) is 0 Å². The fourth-order valence-corrected chi connectivity index (χ4v) is 4.06. The molecule has 2 rings (SSSR count). The Kier molecular flexibility index (Phi) is 4.05. The van der Waals surface area contributed by atoms with Crippen molar-refractivity contribution in [2.24, 2.45) is 5.41 Å². The van der Waals surface area contributed by atoms with Crippen molar-refractivity contribution in [1.29, 1.82) is 0 Å². The summed E-state index contributed by atoms with van der Waals surface area (Å²) < 4.78 is 40.0. The van der Waals surface area contributed by atoms with Crippen LogP contribution in [0.4, 0.5) is 13.2 Å². The van der Waals surface area contributed by atoms with Crippen LogP contribution in [0.25, 0.3) is 0 Å². The van der Waals surface area contributed by atoms with Gasteiger partial charge in [-0.1, -0.05) is 35.7 Å². The molecule has 0 radical (unpaired) electrons. The van der Waals surface area contributed by atoms with Crippen LogP contribution in [-0.4, -0.2) is 0 Å². The van der Waals surface area contributed by atoms with Crippen molar-refractivity contribution in [2.75, 3.05) is 0 Å². The van der Waals surface area contributed by atoms with Crippen LogP contribution >= 0.6 is 15.9 Å². The SMILES string of the molecule is CCC1(C(Br)c2cc(F)c(F)cc2F)CCCC1. The molecule has 1 unspecified atom stereocenters. The Morgan fingerprint density at radius 1 is 1.11 bits per heavy atom. The van der Waals surface area contributed by atoms with E-state index < -0.39 is 17.5 Å². The first-order valence-electron chi connectivity index (χ1n) is 6.28. The van der Waals surface area contributed by atoms with E-state index in [-0.39, 0.29) is 15.8 Å². The lowest BCUT2D eigenvalue weighted by atomic mass is 9.77. The predicted octanol–water partition coefficient (Wildman–Crippen LogP) is 5.51. The highest BCUT2D eigenvalue weighted by atomic mass is 79.9. The van der Waals surface area contributed by atoms with Gasteiger partial charge in [0.05, 0.1) is 0 Å². The fraction of sp³-hybridized carbons (Fsp3) is 0.571. The second-order valence-electron chi connectivity index (χ2n) is 5.07. The number of hydrogen-bond donors (Lipinski definition) is 0. The fourth-order valence-electron chi connectivity index (χ4n) is 2.93. The number of alkyl halides is 1. The zero-order valence-corrected chi connectivity index (χ0v) is 11.9. The highest BCUT2D eigenvalue weighted by Gasteiger charge is 2.40. The summed E-state index contributed by atoms with van der Waals surface area (Å²) in [6.45, 7) is 2.07. The quantitative estimate of drug-likeness (QED) is 0.509. The predicted molar refractivity (Wildman–Crippen MR) is 69.2 cm³/mol. The van der Waals surface area contributed by atoms with Gasteiger partial charge in [0.2, 0.25) is 0 Å². The van der Waals surface area contributed by atoms with Crippen molar-refractivity contribution in [3.8, 4) is 0 Å². The lowest BCUT2D eigenvalue weighted by Gasteiger charge is -2.33. The Balaban J connectivity index is 2.39. The molecule has 1 atom stereocenters. The minimum atomic E-state index is -1.13. The van der Waals surface area contributed by atoms with E-state index in [4.69, 9.17) is 0 Å². The Morgan fingerprint density at radius 3 is 2.22 bits per heavy atom. The normalized spacial score (nSPS) is 20.1. The van der Waals surface area contributed by atoms with Gasteiger partial charge >= 0.3 is 0 Å². The summed E-state index contributed by atoms with van der Waals surface area (Å²) in [5.74, 6) is -2.79. The third-order valence-corrected chi connectivity index (χ3v) is 5.62. The molecule has 1 aliphatic rings. The lowest BCUT2D eigenvalue weighted by Crippen LogP contribution is -2.22. The molecule has 0 spiro atoms. The van der Waals surface area contributed by atoms with Crippen molar-refractivity contribution in [1.82, 2.24) is 0 Å². The molecule has 0 bridgehead atoms. The highest BCUT2D eigenvalue weighted by Crippen LogP contribution is 2.54. The van der Waals surface area contributed by atoms with Gasteiger partial charge in [-0.05, 0) is 30.7 Å². The van der Waals surface area contributed by atoms with E-state index in [1.807, 2.05) is 0 Å². The van der Waals surface area contributed by atoms with Gasteiger partial charge in [0.1, 0.15) is 5.82 Å². The van der Waals surface area contributed by atoms with Gasteiger partial charge in [-0.25, -0.2) is 13.2 Å². The van der Waals surface area contributed by atoms with Gasteiger partial charge in [0.15, 0.2) is 11.6 Å². The first-order chi connectivity index (χ1) is 8.50. The second kappa shape index (κ2) is 5.24. The molecule has 0 aromatic heterocycles. The average Bonchev–Trinajstić information content (AvgIpc) is 2.83. The van der Waals surface area contributed by atoms with Crippen LogP contribution in [0.3, 0.4) is 0 Å². The van der Waals surface area contributed by atoms with Gasteiger partial charge in [-0.15, -0.1) is 0 Å². The molecular weight excluding hydrogens is 305 g/mol. The zero-order valence-electron chi connectivity index (χ0n) is 10.3. The van der Waals surface area contributed by atoms with Crippen LogP contribution in [-0.2, 0) is 0 Å². The maximum atomic E-state index is 13.8. The third-order valence-electron chi connectivity index (χ3n) is 4.15. The number of benzene rings is 1. The average molecular weight is 321 g/mol. The standard InChI is InChI=1S/C14H16BrF3/c1-2-14(5-3-4-6-14)13(15)9-7-11(17)12(18)8-10(9)16/h7-8,13H,2-6H2,1H3. The van der Waals surface area contributed by atoms with Crippen LogP contribution in [0.5, 0.6) is 0 Å². The molecule has 0 heterocycles. The van der Waals surface area contributed by atoms with Crippen LogP contribution in [0.1, 0.15) is 49.4 Å². The molecule has 18 heavy (non-hydrogen) atoms. The van der Waals surface area contributed by atoms with E-state index in [9.17, 15) is 13.2 Å². The van der Waals surface area contributed by atoms with E-state index in [1.165, 1.54) is 0 Å². The Hall–Kier alpha value is -0.510. The smallest absolute Gasteiger partial charge is 0.161 e. The van der Waals surface area contributed by atoms with Crippen LogP contribution < -0.4 is 0 Å². The molecule has 1 fully saturated rings. The van der Waals surface area contributed by atoms with Gasteiger partial charge in [0.25, 0.3) is 0 Å². The summed E-state index contributed by atoms with van der Waals surface area (Å²) in [6, 6.07) is 1.62. The maximum Gasteiger partial charge on any atom is 0.161 e. The second-order valence-corrected chi connectivity index (χ2v) is 5.99. The minimum absolute atomic E-state index is 0.0366. The topological polar surface area (TPSA) is 0 Å². The molecule has 1 aliphatic carbocycles. The van der Waals surface area contributed by atoms with Crippen molar-refractivity contribution in [3.63, 3.8) is 0 Å². The summed E-state index contributed by atoms with van der Waals surface area (Å²) >= 11 is 3.51. The molecule has 0 N–H and O–H groups in total. The van der Waals surface area contributed by atoms with Crippen molar-refractivity contribution >= 4 is 15.9 Å². The Labute approximate surface area is 114 Å². The lowest BCUT2D eigenvalue weighted by molar-refractivity contribution is 0.275. The summed E-state index contributed by atoms with van der Waals surface area (Å²) in [5, 5.41) is 0. The zero-order chi connectivity index (χ0) is 13.3. The number of halogens is 4. The molecule has 4 heteroatoms. The van der Waals surface area contributed by atoms with Gasteiger partial charge in [-0.2, -0.15) is 0 Å². The molecule has 1 saturated carbocycles. The molecule has 100 valence electrons. The van der Waals surface area contributed by atoms with Gasteiger partial charge in [0, 0.05) is 16.5 Å². The van der Waals surface area contributed by atoms with Crippen molar-refractivity contribution < 1.29 is 13.2 Å². The summed E-state index contributed by atoms with van der Waals surface area (Å²) in [7, 11) is 0. The highest BCUT2D eigenvalue weighted by molar-refractivity contribution is 9.09. The minimum Gasteiger partial charge on any atom is -0.207 e. The Morgan fingerprint density at radius 2 is 1.67 bits per heavy atom. The monoisotopic (exact) mass is 320 g/mol. The van der Waals surface area contributed by atoms with E-state index >= 15 is 0 Å². The summed E-state index contributed by atoms with van der Waals surface area (Å²) in [5.41, 5.74) is 0.197. The molecule has 1 aromatic rings. The van der Waals surface area contributed by atoms with E-state index in [0.29, 0.717) is 6.07 Å². The maximum absolute atomic E-state index is 13.8. The molecule has 0 nitrogen and oxygen atoms in total.